The van der Waals surface area contributed by atoms with E-state index >= 15 is 0 Å². The van der Waals surface area contributed by atoms with Crippen LogP contribution in [-0.2, 0) is 6.42 Å². The molecule has 1 fully saturated rings. The summed E-state index contributed by atoms with van der Waals surface area (Å²) in [5.74, 6) is 0.876. The monoisotopic (exact) mass is 187 g/mol. The maximum atomic E-state index is 3.66. The van der Waals surface area contributed by atoms with Gasteiger partial charge in [-0.15, -0.1) is 0 Å². The minimum absolute atomic E-state index is 0.665. The molecule has 1 aromatic rings. The maximum Gasteiger partial charge on any atom is 0.0354 e. The Morgan fingerprint density at radius 3 is 3.21 bits per heavy atom. The Labute approximate surface area is 85.5 Å². The first-order valence-electron chi connectivity index (χ1n) is 5.67. The summed E-state index contributed by atoms with van der Waals surface area (Å²) in [6.45, 7) is 3.39. The molecule has 1 aromatic carbocycles. The van der Waals surface area contributed by atoms with Crippen molar-refractivity contribution in [2.45, 2.75) is 32.2 Å². The topological polar surface area (TPSA) is 12.0 Å². The molecule has 0 radical (unpaired) electrons. The predicted molar refractivity (Wildman–Crippen MR) is 58.4 cm³/mol. The number of aryl methyl sites for hydroxylation is 1. The Kier molecular flexibility index (Phi) is 1.88. The van der Waals surface area contributed by atoms with Gasteiger partial charge in [-0.05, 0) is 49.8 Å². The minimum Gasteiger partial charge on any atom is -0.310 e. The van der Waals surface area contributed by atoms with E-state index in [1.54, 1.807) is 11.1 Å². The van der Waals surface area contributed by atoms with Crippen LogP contribution < -0.4 is 5.32 Å². The summed E-state index contributed by atoms with van der Waals surface area (Å²) in [7, 11) is 0. The molecule has 1 heteroatoms. The molecule has 0 aromatic heterocycles. The van der Waals surface area contributed by atoms with E-state index in [1.165, 1.54) is 31.4 Å². The van der Waals surface area contributed by atoms with Crippen molar-refractivity contribution in [1.82, 2.24) is 5.32 Å². The highest BCUT2D eigenvalue weighted by Crippen LogP contribution is 2.40. The van der Waals surface area contributed by atoms with Crippen molar-refractivity contribution >= 4 is 0 Å². The standard InChI is InChI=1S/C13H17N/c1-9-4-5-10-8-11-3-2-6-14-13(11)12(10)7-9/h4-5,7,11,13-14H,2-3,6,8H2,1H3. The van der Waals surface area contributed by atoms with Gasteiger partial charge in [-0.25, -0.2) is 0 Å². The van der Waals surface area contributed by atoms with Crippen LogP contribution in [0.5, 0.6) is 0 Å². The average Bonchev–Trinajstić information content (AvgIpc) is 2.56. The number of benzene rings is 1. The lowest BCUT2D eigenvalue weighted by atomic mass is 9.92. The third-order valence-electron chi connectivity index (χ3n) is 3.71. The summed E-state index contributed by atoms with van der Waals surface area (Å²) in [5, 5.41) is 3.66. The Balaban J connectivity index is 2.02. The van der Waals surface area contributed by atoms with Gasteiger partial charge in [0.15, 0.2) is 0 Å². The lowest BCUT2D eigenvalue weighted by Crippen LogP contribution is -2.31. The fourth-order valence-corrected chi connectivity index (χ4v) is 3.01. The second kappa shape index (κ2) is 3.09. The van der Waals surface area contributed by atoms with Crippen molar-refractivity contribution in [1.29, 1.82) is 0 Å². The second-order valence-electron chi connectivity index (χ2n) is 4.74. The number of fused-ring (bicyclic) bond motifs is 3. The van der Waals surface area contributed by atoms with Crippen molar-refractivity contribution < 1.29 is 0 Å². The average molecular weight is 187 g/mol. The molecule has 0 spiro atoms. The number of hydrogen-bond acceptors (Lipinski definition) is 1. The smallest absolute Gasteiger partial charge is 0.0354 e. The summed E-state index contributed by atoms with van der Waals surface area (Å²) >= 11 is 0. The first kappa shape index (κ1) is 8.49. The largest absolute Gasteiger partial charge is 0.310 e. The van der Waals surface area contributed by atoms with E-state index in [4.69, 9.17) is 0 Å². The first-order chi connectivity index (χ1) is 6.84. The van der Waals surface area contributed by atoms with Crippen LogP contribution in [0.25, 0.3) is 0 Å². The van der Waals surface area contributed by atoms with Crippen LogP contribution in [0.3, 0.4) is 0 Å². The SMILES string of the molecule is Cc1ccc2c(c1)C1NCCCC1C2. The molecule has 2 unspecified atom stereocenters. The molecular formula is C13H17N. The van der Waals surface area contributed by atoms with Gasteiger partial charge in [0.25, 0.3) is 0 Å². The Bertz CT molecular complexity index is 356. The van der Waals surface area contributed by atoms with E-state index in [2.05, 4.69) is 30.4 Å². The van der Waals surface area contributed by atoms with Crippen LogP contribution in [0.15, 0.2) is 18.2 Å². The van der Waals surface area contributed by atoms with Gasteiger partial charge in [0, 0.05) is 6.04 Å². The summed E-state index contributed by atoms with van der Waals surface area (Å²) < 4.78 is 0. The molecule has 0 saturated carbocycles. The minimum atomic E-state index is 0.665. The molecule has 2 atom stereocenters. The fraction of sp³-hybridized carbons (Fsp3) is 0.538. The Morgan fingerprint density at radius 2 is 2.29 bits per heavy atom. The van der Waals surface area contributed by atoms with Crippen molar-refractivity contribution in [3.63, 3.8) is 0 Å². The molecule has 0 bridgehead atoms. The summed E-state index contributed by atoms with van der Waals surface area (Å²) in [5.41, 5.74) is 4.56. The molecule has 1 N–H and O–H groups in total. The van der Waals surface area contributed by atoms with E-state index in [0.717, 1.165) is 5.92 Å². The highest BCUT2D eigenvalue weighted by atomic mass is 14.9. The lowest BCUT2D eigenvalue weighted by Gasteiger charge is -2.27. The molecule has 1 aliphatic heterocycles. The van der Waals surface area contributed by atoms with Gasteiger partial charge in [0.05, 0.1) is 0 Å². The van der Waals surface area contributed by atoms with Crippen molar-refractivity contribution in [2.24, 2.45) is 5.92 Å². The quantitative estimate of drug-likeness (QED) is 0.658. The molecular weight excluding hydrogens is 170 g/mol. The number of nitrogens with one attached hydrogen (secondary N) is 1. The molecule has 1 saturated heterocycles. The van der Waals surface area contributed by atoms with E-state index in [0.29, 0.717) is 6.04 Å². The second-order valence-corrected chi connectivity index (χ2v) is 4.74. The summed E-state index contributed by atoms with van der Waals surface area (Å²) in [4.78, 5) is 0. The molecule has 14 heavy (non-hydrogen) atoms. The van der Waals surface area contributed by atoms with Crippen LogP contribution in [0.1, 0.15) is 35.6 Å². The summed E-state index contributed by atoms with van der Waals surface area (Å²) in [6.07, 6.45) is 4.06. The zero-order valence-corrected chi connectivity index (χ0v) is 8.72. The van der Waals surface area contributed by atoms with Gasteiger partial charge < -0.3 is 5.32 Å². The highest BCUT2D eigenvalue weighted by molar-refractivity contribution is 5.39. The molecule has 74 valence electrons. The molecule has 1 heterocycles. The van der Waals surface area contributed by atoms with E-state index in [-0.39, 0.29) is 0 Å². The van der Waals surface area contributed by atoms with Crippen molar-refractivity contribution in [2.75, 3.05) is 6.54 Å². The Hall–Kier alpha value is -0.820. The molecule has 3 rings (SSSR count). The zero-order chi connectivity index (χ0) is 9.54. The number of hydrogen-bond donors (Lipinski definition) is 1. The van der Waals surface area contributed by atoms with Crippen molar-refractivity contribution in [3.8, 4) is 0 Å². The molecule has 1 aliphatic carbocycles. The lowest BCUT2D eigenvalue weighted by molar-refractivity contribution is 0.307. The van der Waals surface area contributed by atoms with Gasteiger partial charge in [-0.1, -0.05) is 23.8 Å². The van der Waals surface area contributed by atoms with Crippen molar-refractivity contribution in [3.05, 3.63) is 34.9 Å². The molecule has 1 nitrogen and oxygen atoms in total. The first-order valence-corrected chi connectivity index (χ1v) is 5.67. The number of rotatable bonds is 0. The number of piperidine rings is 1. The Morgan fingerprint density at radius 1 is 1.36 bits per heavy atom. The van der Waals surface area contributed by atoms with Crippen LogP contribution in [0, 0.1) is 12.8 Å². The maximum absolute atomic E-state index is 3.66. The molecule has 0 amide bonds. The fourth-order valence-electron chi connectivity index (χ4n) is 3.01. The summed E-state index contributed by atoms with van der Waals surface area (Å²) in [6, 6.07) is 7.61. The van der Waals surface area contributed by atoms with E-state index in [1.807, 2.05) is 0 Å². The third kappa shape index (κ3) is 1.19. The highest BCUT2D eigenvalue weighted by Gasteiger charge is 2.33. The van der Waals surface area contributed by atoms with Crippen LogP contribution >= 0.6 is 0 Å². The van der Waals surface area contributed by atoms with Gasteiger partial charge in [-0.2, -0.15) is 0 Å². The van der Waals surface area contributed by atoms with Gasteiger partial charge in [-0.3, -0.25) is 0 Å². The predicted octanol–water partition coefficient (Wildman–Crippen LogP) is 2.59. The van der Waals surface area contributed by atoms with Crippen LogP contribution in [0.4, 0.5) is 0 Å². The van der Waals surface area contributed by atoms with E-state index < -0.39 is 0 Å². The van der Waals surface area contributed by atoms with Gasteiger partial charge in [0.1, 0.15) is 0 Å². The molecule has 2 aliphatic rings. The van der Waals surface area contributed by atoms with Crippen LogP contribution in [0.2, 0.25) is 0 Å². The van der Waals surface area contributed by atoms with Gasteiger partial charge >= 0.3 is 0 Å². The normalized spacial score (nSPS) is 29.8. The zero-order valence-electron chi connectivity index (χ0n) is 8.72. The van der Waals surface area contributed by atoms with Gasteiger partial charge in [0.2, 0.25) is 0 Å². The van der Waals surface area contributed by atoms with Crippen LogP contribution in [-0.4, -0.2) is 6.54 Å². The third-order valence-corrected chi connectivity index (χ3v) is 3.71. The van der Waals surface area contributed by atoms with E-state index in [9.17, 15) is 0 Å².